The summed E-state index contributed by atoms with van der Waals surface area (Å²) in [6.07, 6.45) is 1.96. The van der Waals surface area contributed by atoms with Gasteiger partial charge < -0.3 is 10.4 Å². The van der Waals surface area contributed by atoms with Crippen LogP contribution in [0.25, 0.3) is 0 Å². The fourth-order valence-electron chi connectivity index (χ4n) is 1.82. The lowest BCUT2D eigenvalue weighted by molar-refractivity contribution is 0.474. The molecule has 0 aliphatic carbocycles. The van der Waals surface area contributed by atoms with Gasteiger partial charge in [0.05, 0.1) is 5.84 Å². The Morgan fingerprint density at radius 3 is 2.78 bits per heavy atom. The first-order valence-corrected chi connectivity index (χ1v) is 6.69. The molecule has 0 radical (unpaired) electrons. The summed E-state index contributed by atoms with van der Waals surface area (Å²) in [5.41, 5.74) is 1.17. The second kappa shape index (κ2) is 7.75. The van der Waals surface area contributed by atoms with Crippen LogP contribution in [0.1, 0.15) is 32.8 Å². The highest BCUT2D eigenvalue weighted by atomic mass is 16.3. The van der Waals surface area contributed by atoms with Gasteiger partial charge in [0.2, 0.25) is 0 Å². The van der Waals surface area contributed by atoms with Crippen LogP contribution in [0.15, 0.2) is 29.3 Å². The maximum Gasteiger partial charge on any atom is 0.115 e. The van der Waals surface area contributed by atoms with Gasteiger partial charge in [0.25, 0.3) is 0 Å². The van der Waals surface area contributed by atoms with Gasteiger partial charge >= 0.3 is 0 Å². The van der Waals surface area contributed by atoms with Crippen LogP contribution in [0.2, 0.25) is 0 Å². The van der Waals surface area contributed by atoms with Gasteiger partial charge in [-0.3, -0.25) is 4.99 Å². The van der Waals surface area contributed by atoms with E-state index in [1.54, 1.807) is 6.07 Å². The Balaban J connectivity index is 2.39. The second-order valence-electron chi connectivity index (χ2n) is 4.73. The van der Waals surface area contributed by atoms with Crippen LogP contribution < -0.4 is 5.32 Å². The first-order chi connectivity index (χ1) is 8.63. The van der Waals surface area contributed by atoms with Crippen LogP contribution >= 0.6 is 0 Å². The predicted octanol–water partition coefficient (Wildman–Crippen LogP) is 2.99. The minimum atomic E-state index is 0.339. The summed E-state index contributed by atoms with van der Waals surface area (Å²) in [5.74, 6) is 1.88. The summed E-state index contributed by atoms with van der Waals surface area (Å²) in [6.45, 7) is 8.14. The van der Waals surface area contributed by atoms with Crippen molar-refractivity contribution in [2.75, 3.05) is 13.1 Å². The number of nitrogens with one attached hydrogen (secondary N) is 1. The van der Waals surface area contributed by atoms with Crippen molar-refractivity contribution < 1.29 is 5.11 Å². The molecule has 1 aromatic carbocycles. The zero-order chi connectivity index (χ0) is 13.4. The SMILES string of the molecule is CCNC(=NCCCc1cccc(O)c1)C(C)C. The van der Waals surface area contributed by atoms with Gasteiger partial charge in [0, 0.05) is 19.0 Å². The number of aromatic hydroxyl groups is 1. The third-order valence-electron chi connectivity index (χ3n) is 2.72. The smallest absolute Gasteiger partial charge is 0.115 e. The van der Waals surface area contributed by atoms with E-state index >= 15 is 0 Å². The first kappa shape index (κ1) is 14.6. The van der Waals surface area contributed by atoms with E-state index in [1.807, 2.05) is 18.2 Å². The van der Waals surface area contributed by atoms with Crippen LogP contribution in [-0.4, -0.2) is 24.0 Å². The number of aliphatic imine (C=N–C) groups is 1. The molecule has 0 heterocycles. The third-order valence-corrected chi connectivity index (χ3v) is 2.72. The summed E-state index contributed by atoms with van der Waals surface area (Å²) in [5, 5.41) is 12.7. The van der Waals surface area contributed by atoms with Crippen LogP contribution in [0.5, 0.6) is 5.75 Å². The number of hydrogen-bond acceptors (Lipinski definition) is 2. The molecule has 3 nitrogen and oxygen atoms in total. The first-order valence-electron chi connectivity index (χ1n) is 6.69. The molecule has 0 saturated carbocycles. The molecule has 0 amide bonds. The molecule has 3 heteroatoms. The Labute approximate surface area is 110 Å². The molecule has 1 aromatic rings. The predicted molar refractivity (Wildman–Crippen MR) is 77.2 cm³/mol. The van der Waals surface area contributed by atoms with Gasteiger partial charge in [0.1, 0.15) is 5.75 Å². The summed E-state index contributed by atoms with van der Waals surface area (Å²) in [4.78, 5) is 4.59. The molecule has 100 valence electrons. The number of nitrogens with zero attached hydrogens (tertiary/aromatic N) is 1. The van der Waals surface area contributed by atoms with Gasteiger partial charge in [-0.2, -0.15) is 0 Å². The van der Waals surface area contributed by atoms with E-state index in [0.29, 0.717) is 11.7 Å². The molecule has 0 unspecified atom stereocenters. The Bertz CT molecular complexity index is 386. The largest absolute Gasteiger partial charge is 0.508 e. The number of phenolic OH excluding ortho intramolecular Hbond substituents is 1. The summed E-state index contributed by atoms with van der Waals surface area (Å²) in [7, 11) is 0. The quantitative estimate of drug-likeness (QED) is 0.462. The highest BCUT2D eigenvalue weighted by molar-refractivity contribution is 5.83. The van der Waals surface area contributed by atoms with E-state index in [2.05, 4.69) is 31.1 Å². The summed E-state index contributed by atoms with van der Waals surface area (Å²) < 4.78 is 0. The Morgan fingerprint density at radius 2 is 2.17 bits per heavy atom. The number of amidine groups is 1. The van der Waals surface area contributed by atoms with Crippen molar-refractivity contribution in [1.82, 2.24) is 5.32 Å². The zero-order valence-corrected chi connectivity index (χ0v) is 11.6. The van der Waals surface area contributed by atoms with Gasteiger partial charge in [-0.1, -0.05) is 26.0 Å². The molecule has 18 heavy (non-hydrogen) atoms. The zero-order valence-electron chi connectivity index (χ0n) is 11.6. The molecule has 0 aliphatic rings. The minimum Gasteiger partial charge on any atom is -0.508 e. The number of benzene rings is 1. The Kier molecular flexibility index (Phi) is 6.26. The minimum absolute atomic E-state index is 0.339. The van der Waals surface area contributed by atoms with E-state index in [0.717, 1.165) is 31.8 Å². The third kappa shape index (κ3) is 5.21. The van der Waals surface area contributed by atoms with Crippen molar-refractivity contribution >= 4 is 5.84 Å². The molecule has 0 atom stereocenters. The molecule has 0 fully saturated rings. The van der Waals surface area contributed by atoms with Crippen molar-refractivity contribution in [2.45, 2.75) is 33.6 Å². The average molecular weight is 248 g/mol. The van der Waals surface area contributed by atoms with Gasteiger partial charge in [-0.25, -0.2) is 0 Å². The van der Waals surface area contributed by atoms with E-state index in [4.69, 9.17) is 0 Å². The highest BCUT2D eigenvalue weighted by Crippen LogP contribution is 2.12. The number of hydrogen-bond donors (Lipinski definition) is 2. The molecule has 0 spiro atoms. The lowest BCUT2D eigenvalue weighted by Gasteiger charge is -2.11. The van der Waals surface area contributed by atoms with E-state index < -0.39 is 0 Å². The van der Waals surface area contributed by atoms with E-state index in [-0.39, 0.29) is 0 Å². The monoisotopic (exact) mass is 248 g/mol. The van der Waals surface area contributed by atoms with Crippen LogP contribution in [-0.2, 0) is 6.42 Å². The lowest BCUT2D eigenvalue weighted by atomic mass is 10.1. The van der Waals surface area contributed by atoms with Crippen molar-refractivity contribution in [2.24, 2.45) is 10.9 Å². The normalized spacial score (nSPS) is 11.9. The topological polar surface area (TPSA) is 44.6 Å². The van der Waals surface area contributed by atoms with Crippen molar-refractivity contribution in [3.63, 3.8) is 0 Å². The number of phenols is 1. The van der Waals surface area contributed by atoms with Crippen molar-refractivity contribution in [3.05, 3.63) is 29.8 Å². The molecule has 0 saturated heterocycles. The average Bonchev–Trinajstić information content (AvgIpc) is 2.33. The maximum atomic E-state index is 9.36. The van der Waals surface area contributed by atoms with Gasteiger partial charge in [-0.15, -0.1) is 0 Å². The van der Waals surface area contributed by atoms with Gasteiger partial charge in [-0.05, 0) is 37.5 Å². The van der Waals surface area contributed by atoms with Gasteiger partial charge in [0.15, 0.2) is 0 Å². The standard InChI is InChI=1S/C15H24N2O/c1-4-16-15(12(2)3)17-10-6-8-13-7-5-9-14(18)11-13/h5,7,9,11-12,18H,4,6,8,10H2,1-3H3,(H,16,17). The Hall–Kier alpha value is -1.51. The molecular weight excluding hydrogens is 224 g/mol. The van der Waals surface area contributed by atoms with Crippen molar-refractivity contribution in [3.8, 4) is 5.75 Å². The second-order valence-corrected chi connectivity index (χ2v) is 4.73. The fraction of sp³-hybridized carbons (Fsp3) is 0.533. The maximum absolute atomic E-state index is 9.36. The molecule has 0 aliphatic heterocycles. The molecular formula is C15H24N2O. The van der Waals surface area contributed by atoms with E-state index in [1.165, 1.54) is 5.56 Å². The molecule has 0 bridgehead atoms. The summed E-state index contributed by atoms with van der Waals surface area (Å²) >= 11 is 0. The molecule has 2 N–H and O–H groups in total. The van der Waals surface area contributed by atoms with Crippen LogP contribution in [0.3, 0.4) is 0 Å². The summed E-state index contributed by atoms with van der Waals surface area (Å²) in [6, 6.07) is 7.43. The lowest BCUT2D eigenvalue weighted by Crippen LogP contribution is -2.28. The highest BCUT2D eigenvalue weighted by Gasteiger charge is 2.02. The number of rotatable bonds is 6. The van der Waals surface area contributed by atoms with E-state index in [9.17, 15) is 5.11 Å². The number of aryl methyl sites for hydroxylation is 1. The van der Waals surface area contributed by atoms with Crippen LogP contribution in [0.4, 0.5) is 0 Å². The molecule has 1 rings (SSSR count). The molecule has 0 aromatic heterocycles. The fourth-order valence-corrected chi connectivity index (χ4v) is 1.82. The Morgan fingerprint density at radius 1 is 1.39 bits per heavy atom. The van der Waals surface area contributed by atoms with Crippen LogP contribution in [0, 0.1) is 5.92 Å². The van der Waals surface area contributed by atoms with Crippen molar-refractivity contribution in [1.29, 1.82) is 0 Å².